The number of likely N-dealkylation sites (tertiary alicyclic amines) is 1. The molecule has 22 heavy (non-hydrogen) atoms. The van der Waals surface area contributed by atoms with Gasteiger partial charge < -0.3 is 4.90 Å². The van der Waals surface area contributed by atoms with Crippen molar-refractivity contribution in [1.29, 1.82) is 0 Å². The Kier molecular flexibility index (Phi) is 5.83. The zero-order valence-electron chi connectivity index (χ0n) is 12.6. The van der Waals surface area contributed by atoms with Crippen molar-refractivity contribution in [2.75, 3.05) is 19.3 Å². The first kappa shape index (κ1) is 17.2. The highest BCUT2D eigenvalue weighted by Crippen LogP contribution is 2.15. The number of rotatable bonds is 5. The molecule has 0 saturated carbocycles. The highest BCUT2D eigenvalue weighted by Gasteiger charge is 2.25. The molecule has 0 spiro atoms. The third-order valence-electron chi connectivity index (χ3n) is 3.70. The maximum Gasteiger partial charge on any atom is 0.222 e. The van der Waals surface area contributed by atoms with E-state index < -0.39 is 10.0 Å². The number of hydrogen-bond acceptors (Lipinski definition) is 3. The molecule has 122 valence electrons. The number of hydrogen-bond donors (Lipinski definition) is 1. The van der Waals surface area contributed by atoms with Crippen LogP contribution in [0, 0.1) is 0 Å². The summed E-state index contributed by atoms with van der Waals surface area (Å²) in [6, 6.07) is 7.28. The first-order valence-corrected chi connectivity index (χ1v) is 9.60. The lowest BCUT2D eigenvalue weighted by atomic mass is 10.0. The second-order valence-electron chi connectivity index (χ2n) is 5.70. The van der Waals surface area contributed by atoms with Crippen molar-refractivity contribution in [1.82, 2.24) is 9.62 Å². The number of benzene rings is 1. The number of aryl methyl sites for hydroxylation is 1. The van der Waals surface area contributed by atoms with E-state index in [0.717, 1.165) is 24.7 Å². The zero-order chi connectivity index (χ0) is 16.2. The number of nitrogens with zero attached hydrogens (tertiary/aromatic N) is 1. The summed E-state index contributed by atoms with van der Waals surface area (Å²) < 4.78 is 25.2. The fourth-order valence-corrected chi connectivity index (χ4v) is 3.59. The SMILES string of the molecule is CS(=O)(=O)N[C@H]1CCCN(C(=O)CCc2ccc(Cl)cc2)C1. The maximum absolute atomic E-state index is 12.3. The van der Waals surface area contributed by atoms with Gasteiger partial charge in [-0.05, 0) is 37.0 Å². The first-order chi connectivity index (χ1) is 10.3. The highest BCUT2D eigenvalue weighted by molar-refractivity contribution is 7.88. The van der Waals surface area contributed by atoms with Crippen LogP contribution in [0.2, 0.25) is 5.02 Å². The van der Waals surface area contributed by atoms with Crippen molar-refractivity contribution in [3.05, 3.63) is 34.9 Å². The maximum atomic E-state index is 12.3. The molecular formula is C15H21ClN2O3S. The van der Waals surface area contributed by atoms with Gasteiger partial charge in [-0.2, -0.15) is 0 Å². The van der Waals surface area contributed by atoms with E-state index in [2.05, 4.69) is 4.72 Å². The van der Waals surface area contributed by atoms with E-state index in [4.69, 9.17) is 11.6 Å². The van der Waals surface area contributed by atoms with E-state index in [-0.39, 0.29) is 11.9 Å². The summed E-state index contributed by atoms with van der Waals surface area (Å²) in [5, 5.41) is 0.681. The van der Waals surface area contributed by atoms with E-state index >= 15 is 0 Å². The molecule has 0 aromatic heterocycles. The summed E-state index contributed by atoms with van der Waals surface area (Å²) in [5.41, 5.74) is 1.07. The quantitative estimate of drug-likeness (QED) is 0.886. The fourth-order valence-electron chi connectivity index (χ4n) is 2.66. The van der Waals surface area contributed by atoms with E-state index in [0.29, 0.717) is 31.0 Å². The van der Waals surface area contributed by atoms with E-state index in [1.54, 1.807) is 4.90 Å². The second-order valence-corrected chi connectivity index (χ2v) is 7.91. The van der Waals surface area contributed by atoms with Gasteiger partial charge in [-0.15, -0.1) is 0 Å². The molecule has 5 nitrogen and oxygen atoms in total. The van der Waals surface area contributed by atoms with Gasteiger partial charge in [0, 0.05) is 30.6 Å². The predicted molar refractivity (Wildman–Crippen MR) is 87.4 cm³/mol. The van der Waals surface area contributed by atoms with Gasteiger partial charge in [0.2, 0.25) is 15.9 Å². The molecule has 0 bridgehead atoms. The van der Waals surface area contributed by atoms with Gasteiger partial charge in [-0.25, -0.2) is 13.1 Å². The molecule has 1 N–H and O–H groups in total. The Bertz CT molecular complexity index is 616. The molecule has 1 saturated heterocycles. The minimum atomic E-state index is -3.23. The Morgan fingerprint density at radius 3 is 2.68 bits per heavy atom. The van der Waals surface area contributed by atoms with Crippen LogP contribution >= 0.6 is 11.6 Å². The van der Waals surface area contributed by atoms with Gasteiger partial charge in [0.15, 0.2) is 0 Å². The molecule has 1 aliphatic heterocycles. The van der Waals surface area contributed by atoms with Gasteiger partial charge in [-0.1, -0.05) is 23.7 Å². The van der Waals surface area contributed by atoms with Crippen LogP contribution in [0.15, 0.2) is 24.3 Å². The molecule has 1 aromatic carbocycles. The second kappa shape index (κ2) is 7.44. The molecule has 1 amide bonds. The predicted octanol–water partition coefficient (Wildman–Crippen LogP) is 1.81. The van der Waals surface area contributed by atoms with Gasteiger partial charge >= 0.3 is 0 Å². The lowest BCUT2D eigenvalue weighted by molar-refractivity contribution is -0.132. The summed E-state index contributed by atoms with van der Waals surface area (Å²) in [6.45, 7) is 1.15. The van der Waals surface area contributed by atoms with Crippen LogP contribution in [0.3, 0.4) is 0 Å². The van der Waals surface area contributed by atoms with Gasteiger partial charge in [-0.3, -0.25) is 4.79 Å². The highest BCUT2D eigenvalue weighted by atomic mass is 35.5. The number of carbonyl (C=O) groups is 1. The number of sulfonamides is 1. The standard InChI is InChI=1S/C15H21ClN2O3S/c1-22(20,21)17-14-3-2-10-18(11-14)15(19)9-6-12-4-7-13(16)8-5-12/h4-5,7-8,14,17H,2-3,6,9-11H2,1H3/t14-/m0/s1. The Morgan fingerprint density at radius 1 is 1.36 bits per heavy atom. The van der Waals surface area contributed by atoms with E-state index in [1.165, 1.54) is 0 Å². The first-order valence-electron chi connectivity index (χ1n) is 7.33. The van der Waals surface area contributed by atoms with Crippen LogP contribution < -0.4 is 4.72 Å². The third kappa shape index (κ3) is 5.59. The van der Waals surface area contributed by atoms with Crippen molar-refractivity contribution < 1.29 is 13.2 Å². The van der Waals surface area contributed by atoms with E-state index in [9.17, 15) is 13.2 Å². The average Bonchev–Trinajstić information content (AvgIpc) is 2.45. The van der Waals surface area contributed by atoms with Crippen molar-refractivity contribution >= 4 is 27.5 Å². The molecule has 0 unspecified atom stereocenters. The summed E-state index contributed by atoms with van der Waals surface area (Å²) in [6.07, 6.45) is 3.83. The molecule has 1 aromatic rings. The largest absolute Gasteiger partial charge is 0.341 e. The molecule has 1 heterocycles. The fraction of sp³-hybridized carbons (Fsp3) is 0.533. The van der Waals surface area contributed by atoms with Crippen molar-refractivity contribution in [3.8, 4) is 0 Å². The van der Waals surface area contributed by atoms with Gasteiger partial charge in [0.05, 0.1) is 6.26 Å². The number of nitrogens with one attached hydrogen (secondary N) is 1. The van der Waals surface area contributed by atoms with Crippen molar-refractivity contribution in [3.63, 3.8) is 0 Å². The smallest absolute Gasteiger partial charge is 0.222 e. The number of halogens is 1. The van der Waals surface area contributed by atoms with Gasteiger partial charge in [0.1, 0.15) is 0 Å². The monoisotopic (exact) mass is 344 g/mol. The van der Waals surface area contributed by atoms with Crippen molar-refractivity contribution in [2.24, 2.45) is 0 Å². The zero-order valence-corrected chi connectivity index (χ0v) is 14.2. The number of piperidine rings is 1. The number of carbonyl (C=O) groups excluding carboxylic acids is 1. The molecule has 1 atom stereocenters. The molecule has 1 aliphatic rings. The summed E-state index contributed by atoms with van der Waals surface area (Å²) in [4.78, 5) is 14.0. The third-order valence-corrected chi connectivity index (χ3v) is 4.71. The minimum Gasteiger partial charge on any atom is -0.341 e. The summed E-state index contributed by atoms with van der Waals surface area (Å²) in [5.74, 6) is 0.0648. The molecular weight excluding hydrogens is 324 g/mol. The Labute approximate surface area is 136 Å². The van der Waals surface area contributed by atoms with Crippen LogP contribution in [0.1, 0.15) is 24.8 Å². The van der Waals surface area contributed by atoms with Crippen LogP contribution in [0.25, 0.3) is 0 Å². The van der Waals surface area contributed by atoms with E-state index in [1.807, 2.05) is 24.3 Å². The molecule has 7 heteroatoms. The molecule has 2 rings (SSSR count). The number of amides is 1. The lowest BCUT2D eigenvalue weighted by Crippen LogP contribution is -2.49. The average molecular weight is 345 g/mol. The normalized spacial score (nSPS) is 19.2. The van der Waals surface area contributed by atoms with Gasteiger partial charge in [0.25, 0.3) is 0 Å². The summed E-state index contributed by atoms with van der Waals surface area (Å²) >= 11 is 5.83. The van der Waals surface area contributed by atoms with Crippen LogP contribution in [-0.4, -0.2) is 44.6 Å². The van der Waals surface area contributed by atoms with Crippen molar-refractivity contribution in [2.45, 2.75) is 31.7 Å². The van der Waals surface area contributed by atoms with Crippen LogP contribution in [0.5, 0.6) is 0 Å². The lowest BCUT2D eigenvalue weighted by Gasteiger charge is -2.32. The Balaban J connectivity index is 1.85. The molecule has 0 aliphatic carbocycles. The van der Waals surface area contributed by atoms with Crippen LogP contribution in [-0.2, 0) is 21.2 Å². The van der Waals surface area contributed by atoms with Crippen LogP contribution in [0.4, 0.5) is 0 Å². The Morgan fingerprint density at radius 2 is 2.05 bits per heavy atom. The molecule has 0 radical (unpaired) electrons. The minimum absolute atomic E-state index is 0.0648. The summed E-state index contributed by atoms with van der Waals surface area (Å²) in [7, 11) is -3.23. The Hall–Kier alpha value is -1.11. The molecule has 1 fully saturated rings. The topological polar surface area (TPSA) is 66.5 Å².